The molecule has 2 heteroatoms. The zero-order chi connectivity index (χ0) is 26.0. The van der Waals surface area contributed by atoms with E-state index in [0.717, 1.165) is 0 Å². The minimum absolute atomic E-state index is 0.572. The van der Waals surface area contributed by atoms with Crippen LogP contribution in [0.3, 0.4) is 0 Å². The summed E-state index contributed by atoms with van der Waals surface area (Å²) in [5.74, 6) is 1.76. The molecule has 2 aromatic heterocycles. The molecule has 202 valence electrons. The Labute approximate surface area is 234 Å². The molecule has 39 heavy (non-hydrogen) atoms. The quantitative estimate of drug-likeness (QED) is 0.281. The van der Waals surface area contributed by atoms with Crippen molar-refractivity contribution in [1.82, 2.24) is 9.97 Å². The first kappa shape index (κ1) is 25.1. The molecule has 0 aliphatic heterocycles. The number of pyridine rings is 1. The van der Waals surface area contributed by atoms with Crippen LogP contribution in [0, 0.1) is 0 Å². The third kappa shape index (κ3) is 4.85. The molecule has 4 aromatic rings. The summed E-state index contributed by atoms with van der Waals surface area (Å²) in [5, 5.41) is 1.45. The standard InChI is InChI=1S/C37H44N2/c1-6-16-26(17-7-1)31-33-36(30-24-14-5-15-25-30)38-35(29-22-12-4-13-23-29)32(27-18-8-2-9-19-27)37(33)39-34(31)28-20-10-3-11-21-28/h1-2,6-9,16-19,28-30,39H,3-5,10-15,20-25H2. The number of rotatable bonds is 5. The number of benzene rings is 2. The van der Waals surface area contributed by atoms with Crippen LogP contribution in [0.25, 0.3) is 33.2 Å². The molecule has 1 N–H and O–H groups in total. The predicted octanol–water partition coefficient (Wildman–Crippen LogP) is 11.0. The van der Waals surface area contributed by atoms with Crippen molar-refractivity contribution in [2.45, 2.75) is 114 Å². The van der Waals surface area contributed by atoms with Gasteiger partial charge in [0.25, 0.3) is 0 Å². The molecule has 0 bridgehead atoms. The number of H-pyrrole nitrogens is 1. The van der Waals surface area contributed by atoms with E-state index in [2.05, 4.69) is 65.6 Å². The Kier molecular flexibility index (Phi) is 7.29. The van der Waals surface area contributed by atoms with Gasteiger partial charge in [0.05, 0.1) is 16.9 Å². The lowest BCUT2D eigenvalue weighted by molar-refractivity contribution is 0.424. The summed E-state index contributed by atoms with van der Waals surface area (Å²) in [7, 11) is 0. The zero-order valence-electron chi connectivity index (χ0n) is 23.6. The molecule has 0 atom stereocenters. The van der Waals surface area contributed by atoms with Crippen molar-refractivity contribution in [3.8, 4) is 22.3 Å². The van der Waals surface area contributed by atoms with Gasteiger partial charge in [-0.2, -0.15) is 0 Å². The van der Waals surface area contributed by atoms with Gasteiger partial charge in [-0.15, -0.1) is 0 Å². The second-order valence-corrected chi connectivity index (χ2v) is 12.7. The van der Waals surface area contributed by atoms with Crippen LogP contribution in [-0.2, 0) is 0 Å². The number of hydrogen-bond donors (Lipinski definition) is 1. The Morgan fingerprint density at radius 1 is 0.487 bits per heavy atom. The van der Waals surface area contributed by atoms with E-state index >= 15 is 0 Å². The van der Waals surface area contributed by atoms with E-state index < -0.39 is 0 Å². The maximum atomic E-state index is 5.85. The predicted molar refractivity (Wildman–Crippen MR) is 164 cm³/mol. The molecule has 3 fully saturated rings. The molecule has 3 aliphatic carbocycles. The van der Waals surface area contributed by atoms with Crippen LogP contribution in [0.2, 0.25) is 0 Å². The fourth-order valence-corrected chi connectivity index (χ4v) is 8.17. The molecule has 0 unspecified atom stereocenters. The van der Waals surface area contributed by atoms with Gasteiger partial charge in [-0.25, -0.2) is 0 Å². The summed E-state index contributed by atoms with van der Waals surface area (Å²) in [6, 6.07) is 22.5. The van der Waals surface area contributed by atoms with Crippen molar-refractivity contribution in [3.63, 3.8) is 0 Å². The largest absolute Gasteiger partial charge is 0.357 e. The lowest BCUT2D eigenvalue weighted by Crippen LogP contribution is -2.14. The Hall–Kier alpha value is -2.87. The van der Waals surface area contributed by atoms with Crippen LogP contribution in [0.5, 0.6) is 0 Å². The van der Waals surface area contributed by atoms with Crippen LogP contribution in [0.1, 0.15) is 131 Å². The number of nitrogens with zero attached hydrogens (tertiary/aromatic N) is 1. The maximum absolute atomic E-state index is 5.85. The topological polar surface area (TPSA) is 28.7 Å². The molecule has 0 saturated heterocycles. The van der Waals surface area contributed by atoms with Gasteiger partial charge in [-0.3, -0.25) is 4.98 Å². The summed E-state index contributed by atoms with van der Waals surface area (Å²) in [6.45, 7) is 0. The highest BCUT2D eigenvalue weighted by Crippen LogP contribution is 2.50. The summed E-state index contributed by atoms with van der Waals surface area (Å²) in [4.78, 5) is 10.1. The van der Waals surface area contributed by atoms with Crippen molar-refractivity contribution in [2.75, 3.05) is 0 Å². The Bertz CT molecular complexity index is 1380. The highest BCUT2D eigenvalue weighted by molar-refractivity contribution is 6.06. The lowest BCUT2D eigenvalue weighted by Gasteiger charge is -2.28. The van der Waals surface area contributed by atoms with Gasteiger partial charge in [0, 0.05) is 34.0 Å². The molecule has 7 rings (SSSR count). The Morgan fingerprint density at radius 2 is 0.949 bits per heavy atom. The minimum Gasteiger partial charge on any atom is -0.357 e. The van der Waals surface area contributed by atoms with Crippen molar-refractivity contribution < 1.29 is 0 Å². The van der Waals surface area contributed by atoms with E-state index in [1.54, 1.807) is 0 Å². The first-order chi connectivity index (χ1) is 19.4. The molecule has 0 radical (unpaired) electrons. The SMILES string of the molecule is c1ccc(-c2c(C3CCCCC3)nc(C3CCCCC3)c3c(-c4ccccc4)c(C4CCCCC4)[nH]c23)cc1. The van der Waals surface area contributed by atoms with E-state index in [-0.39, 0.29) is 0 Å². The fourth-order valence-electron chi connectivity index (χ4n) is 8.17. The highest BCUT2D eigenvalue weighted by atomic mass is 14.8. The van der Waals surface area contributed by atoms with Crippen LogP contribution < -0.4 is 0 Å². The number of nitrogens with one attached hydrogen (secondary N) is 1. The number of aromatic nitrogens is 2. The van der Waals surface area contributed by atoms with E-state index in [1.807, 2.05) is 0 Å². The van der Waals surface area contributed by atoms with E-state index in [0.29, 0.717) is 17.8 Å². The van der Waals surface area contributed by atoms with Gasteiger partial charge in [-0.1, -0.05) is 118 Å². The first-order valence-electron chi connectivity index (χ1n) is 16.1. The van der Waals surface area contributed by atoms with Gasteiger partial charge in [0.15, 0.2) is 0 Å². The van der Waals surface area contributed by atoms with Crippen molar-refractivity contribution >= 4 is 10.9 Å². The molecule has 3 aliphatic rings. The van der Waals surface area contributed by atoms with Crippen LogP contribution >= 0.6 is 0 Å². The third-order valence-electron chi connectivity index (χ3n) is 10.2. The van der Waals surface area contributed by atoms with Gasteiger partial charge in [-0.05, 0) is 55.6 Å². The highest BCUT2D eigenvalue weighted by Gasteiger charge is 2.32. The number of aromatic amines is 1. The minimum atomic E-state index is 0.572. The van der Waals surface area contributed by atoms with Crippen molar-refractivity contribution in [3.05, 3.63) is 77.7 Å². The van der Waals surface area contributed by atoms with Crippen molar-refractivity contribution in [1.29, 1.82) is 0 Å². The van der Waals surface area contributed by atoms with Gasteiger partial charge < -0.3 is 4.98 Å². The zero-order valence-corrected chi connectivity index (χ0v) is 23.6. The molecule has 0 amide bonds. The smallest absolute Gasteiger partial charge is 0.0579 e. The van der Waals surface area contributed by atoms with E-state index in [1.165, 1.54) is 147 Å². The summed E-state index contributed by atoms with van der Waals surface area (Å²) in [5.41, 5.74) is 11.3. The number of fused-ring (bicyclic) bond motifs is 1. The Balaban J connectivity index is 1.57. The van der Waals surface area contributed by atoms with Gasteiger partial charge in [0.1, 0.15) is 0 Å². The fraction of sp³-hybridized carbons (Fsp3) is 0.486. The second kappa shape index (κ2) is 11.3. The van der Waals surface area contributed by atoms with Gasteiger partial charge in [0.2, 0.25) is 0 Å². The summed E-state index contributed by atoms with van der Waals surface area (Å²) < 4.78 is 0. The van der Waals surface area contributed by atoms with Crippen molar-refractivity contribution in [2.24, 2.45) is 0 Å². The monoisotopic (exact) mass is 516 g/mol. The maximum Gasteiger partial charge on any atom is 0.0579 e. The second-order valence-electron chi connectivity index (χ2n) is 12.7. The molecular weight excluding hydrogens is 472 g/mol. The molecule has 3 saturated carbocycles. The molecule has 0 spiro atoms. The van der Waals surface area contributed by atoms with E-state index in [4.69, 9.17) is 4.98 Å². The molecule has 2 heterocycles. The normalized spacial score (nSPS) is 20.0. The van der Waals surface area contributed by atoms with Crippen LogP contribution in [0.4, 0.5) is 0 Å². The van der Waals surface area contributed by atoms with Crippen LogP contribution in [-0.4, -0.2) is 9.97 Å². The molecule has 2 nitrogen and oxygen atoms in total. The Morgan fingerprint density at radius 3 is 1.49 bits per heavy atom. The lowest BCUT2D eigenvalue weighted by atomic mass is 9.79. The average Bonchev–Trinajstić information content (AvgIpc) is 3.43. The van der Waals surface area contributed by atoms with Crippen LogP contribution in [0.15, 0.2) is 60.7 Å². The average molecular weight is 517 g/mol. The third-order valence-corrected chi connectivity index (χ3v) is 10.2. The van der Waals surface area contributed by atoms with Gasteiger partial charge >= 0.3 is 0 Å². The first-order valence-corrected chi connectivity index (χ1v) is 16.1. The molecule has 2 aromatic carbocycles. The molecular formula is C37H44N2. The summed E-state index contributed by atoms with van der Waals surface area (Å²) >= 11 is 0. The van der Waals surface area contributed by atoms with E-state index in [9.17, 15) is 0 Å². The summed E-state index contributed by atoms with van der Waals surface area (Å²) in [6.07, 6.45) is 19.9. The number of hydrogen-bond acceptors (Lipinski definition) is 1.